The topological polar surface area (TPSA) is 43.1 Å². The minimum absolute atomic E-state index is 0.0632. The Morgan fingerprint density at radius 1 is 1.09 bits per heavy atom. The average Bonchev–Trinajstić information content (AvgIpc) is 3.05. The lowest BCUT2D eigenvalue weighted by Crippen LogP contribution is -2.27. The quantitative estimate of drug-likeness (QED) is 0.528. The molecule has 0 saturated carbocycles. The molecule has 2 aliphatic heterocycles. The maximum absolute atomic E-state index is 13.5. The number of hydrogen-bond acceptors (Lipinski definition) is 3. The lowest BCUT2D eigenvalue weighted by Gasteiger charge is -2.28. The predicted octanol–water partition coefficient (Wildman–Crippen LogP) is 6.37. The summed E-state index contributed by atoms with van der Waals surface area (Å²) in [7, 11) is 3.24. The summed E-state index contributed by atoms with van der Waals surface area (Å²) in [6.07, 6.45) is 16.0. The zero-order chi connectivity index (χ0) is 24.2. The lowest BCUT2D eigenvalue weighted by molar-refractivity contribution is -0.122. The molecule has 1 aliphatic carbocycles. The van der Waals surface area contributed by atoms with Crippen LogP contribution in [0.5, 0.6) is 11.5 Å². The van der Waals surface area contributed by atoms with E-state index in [0.29, 0.717) is 17.4 Å². The number of fused-ring (bicyclic) bond motifs is 1. The number of benzene rings is 1. The Labute approximate surface area is 202 Å². The van der Waals surface area contributed by atoms with Crippen LogP contribution in [0.15, 0.2) is 71.6 Å². The highest BCUT2D eigenvalue weighted by atomic mass is 16.5. The van der Waals surface area contributed by atoms with Gasteiger partial charge in [-0.25, -0.2) is 0 Å². The third-order valence-electron chi connectivity index (χ3n) is 6.90. The van der Waals surface area contributed by atoms with Crippen molar-refractivity contribution in [3.8, 4) is 18.1 Å². The van der Waals surface area contributed by atoms with Gasteiger partial charge < -0.3 is 9.47 Å². The second-order valence-corrected chi connectivity index (χ2v) is 9.31. The number of carbonyl (C=O) groups is 1. The van der Waals surface area contributed by atoms with Gasteiger partial charge in [0.1, 0.15) is 0 Å². The molecule has 3 unspecified atom stereocenters. The van der Waals surface area contributed by atoms with Crippen molar-refractivity contribution in [2.24, 2.45) is 11.8 Å². The number of rotatable bonds is 4. The van der Waals surface area contributed by atoms with E-state index in [4.69, 9.17) is 16.0 Å². The van der Waals surface area contributed by atoms with Gasteiger partial charge in [-0.2, -0.15) is 0 Å². The monoisotopic (exact) mass is 457 g/mol. The molecule has 1 amide bonds. The van der Waals surface area contributed by atoms with Crippen LogP contribution in [0.3, 0.4) is 0 Å². The van der Waals surface area contributed by atoms with Crippen molar-refractivity contribution in [1.29, 1.82) is 0 Å². The lowest BCUT2D eigenvalue weighted by atomic mass is 9.88. The van der Waals surface area contributed by atoms with Gasteiger partial charge in [0, 0.05) is 24.4 Å². The van der Waals surface area contributed by atoms with E-state index in [-0.39, 0.29) is 17.9 Å². The van der Waals surface area contributed by atoms with E-state index in [9.17, 15) is 4.79 Å². The van der Waals surface area contributed by atoms with E-state index in [1.54, 1.807) is 25.2 Å². The Balaban J connectivity index is 1.69. The van der Waals surface area contributed by atoms with Crippen molar-refractivity contribution < 1.29 is 14.3 Å². The highest BCUT2D eigenvalue weighted by Gasteiger charge is 2.28. The number of carbonyl (C=O) groups excluding carboxylic acids is 1. The van der Waals surface area contributed by atoms with Crippen LogP contribution in [0.4, 0.5) is 0 Å². The first kappa shape index (κ1) is 23.6. The number of amides is 1. The first-order chi connectivity index (χ1) is 16.4. The van der Waals surface area contributed by atoms with Crippen LogP contribution in [0, 0.1) is 18.4 Å². The standard InChI is InChI=1S/C29H33N2O3/c1-19-6-10-24(30-3)15-23(14-19)22-8-12-25-11-7-20(2)26(17-29(32)31(25)18-22)21-9-13-27(33-4)28(16-21)34-5/h3,8-9,11-14,16-20,24H,6-7,10,15H2,1-2,4-5H3/q+1. The van der Waals surface area contributed by atoms with E-state index in [1.165, 1.54) is 5.57 Å². The molecular weight excluding hydrogens is 424 g/mol. The molecule has 4 rings (SSSR count). The minimum Gasteiger partial charge on any atom is -0.493 e. The molecule has 5 nitrogen and oxygen atoms in total. The molecule has 0 aromatic heterocycles. The van der Waals surface area contributed by atoms with E-state index >= 15 is 0 Å². The van der Waals surface area contributed by atoms with E-state index in [0.717, 1.165) is 48.1 Å². The van der Waals surface area contributed by atoms with Gasteiger partial charge in [0.05, 0.1) is 20.6 Å². The van der Waals surface area contributed by atoms with E-state index < -0.39 is 0 Å². The molecule has 3 atom stereocenters. The van der Waals surface area contributed by atoms with Crippen LogP contribution >= 0.6 is 0 Å². The first-order valence-corrected chi connectivity index (χ1v) is 11.9. The third kappa shape index (κ3) is 4.87. The maximum Gasteiger partial charge on any atom is 0.276 e. The van der Waals surface area contributed by atoms with Crippen LogP contribution in [-0.4, -0.2) is 31.1 Å². The number of hydrogen-bond donors (Lipinski definition) is 0. The van der Waals surface area contributed by atoms with Crippen molar-refractivity contribution in [2.75, 3.05) is 14.2 Å². The van der Waals surface area contributed by atoms with Gasteiger partial charge in [0.25, 0.3) is 18.5 Å². The van der Waals surface area contributed by atoms with Crippen molar-refractivity contribution in [1.82, 2.24) is 4.90 Å². The van der Waals surface area contributed by atoms with Gasteiger partial charge in [-0.15, -0.1) is 0 Å². The fraction of sp³-hybridized carbons (Fsp3) is 0.379. The molecule has 0 bridgehead atoms. The molecule has 3 aliphatic rings. The molecular formula is C29H33N2O3+. The van der Waals surface area contributed by atoms with Crippen LogP contribution < -0.4 is 9.47 Å². The zero-order valence-corrected chi connectivity index (χ0v) is 20.5. The van der Waals surface area contributed by atoms with Gasteiger partial charge in [-0.3, -0.25) is 9.69 Å². The molecule has 34 heavy (non-hydrogen) atoms. The van der Waals surface area contributed by atoms with Gasteiger partial charge in [-0.1, -0.05) is 43.0 Å². The Morgan fingerprint density at radius 2 is 1.88 bits per heavy atom. The highest BCUT2D eigenvalue weighted by Crippen LogP contribution is 2.37. The Kier molecular flexibility index (Phi) is 7.07. The van der Waals surface area contributed by atoms with Crippen LogP contribution in [0.2, 0.25) is 0 Å². The SMILES string of the molecule is C#[N+]C1CCC(C)C=C(C2=CN3C(=O)C=C(c4ccc(OC)c(OC)c4)C(C)CC=C3C=C2)C1. The van der Waals surface area contributed by atoms with Crippen LogP contribution in [0.25, 0.3) is 10.4 Å². The number of allylic oxidation sites excluding steroid dienone is 6. The Hall–Kier alpha value is -3.52. The normalized spacial score (nSPS) is 24.9. The molecule has 5 heteroatoms. The molecule has 1 aromatic carbocycles. The van der Waals surface area contributed by atoms with Crippen molar-refractivity contribution in [2.45, 2.75) is 45.6 Å². The van der Waals surface area contributed by atoms with Crippen molar-refractivity contribution in [3.05, 3.63) is 82.0 Å². The molecule has 0 saturated heterocycles. The van der Waals surface area contributed by atoms with E-state index in [2.05, 4.69) is 36.9 Å². The number of methoxy groups -OCH3 is 2. The summed E-state index contributed by atoms with van der Waals surface area (Å²) in [6, 6.07) is 5.91. The summed E-state index contributed by atoms with van der Waals surface area (Å²) < 4.78 is 10.9. The molecule has 176 valence electrons. The summed E-state index contributed by atoms with van der Waals surface area (Å²) in [5, 5.41) is 0. The third-order valence-corrected chi connectivity index (χ3v) is 6.90. The van der Waals surface area contributed by atoms with Gasteiger partial charge >= 0.3 is 0 Å². The largest absolute Gasteiger partial charge is 0.493 e. The molecule has 0 fully saturated rings. The fourth-order valence-electron chi connectivity index (χ4n) is 4.86. The fourth-order valence-corrected chi connectivity index (χ4v) is 4.86. The molecule has 0 spiro atoms. The van der Waals surface area contributed by atoms with E-state index in [1.807, 2.05) is 30.5 Å². The second-order valence-electron chi connectivity index (χ2n) is 9.31. The molecule has 0 N–H and O–H groups in total. The van der Waals surface area contributed by atoms with Crippen molar-refractivity contribution in [3.63, 3.8) is 0 Å². The molecule has 2 heterocycles. The summed E-state index contributed by atoms with van der Waals surface area (Å²) in [5.74, 6) is 1.88. The van der Waals surface area contributed by atoms with Gasteiger partial charge in [0.2, 0.25) is 0 Å². The molecule has 1 aromatic rings. The summed E-state index contributed by atoms with van der Waals surface area (Å²) >= 11 is 0. The van der Waals surface area contributed by atoms with Gasteiger partial charge in [0.15, 0.2) is 11.5 Å². The minimum atomic E-state index is -0.0632. The van der Waals surface area contributed by atoms with Crippen LogP contribution in [0.1, 0.15) is 45.1 Å². The summed E-state index contributed by atoms with van der Waals surface area (Å²) in [5.41, 5.74) is 5.09. The second kappa shape index (κ2) is 10.2. The van der Waals surface area contributed by atoms with Crippen molar-refractivity contribution >= 4 is 11.5 Å². The predicted molar refractivity (Wildman–Crippen MR) is 137 cm³/mol. The average molecular weight is 458 g/mol. The van der Waals surface area contributed by atoms with Crippen LogP contribution in [-0.2, 0) is 4.79 Å². The Morgan fingerprint density at radius 3 is 2.62 bits per heavy atom. The Bertz CT molecular complexity index is 1160. The highest BCUT2D eigenvalue weighted by molar-refractivity contribution is 5.98. The summed E-state index contributed by atoms with van der Waals surface area (Å²) in [4.78, 5) is 19.3. The molecule has 0 radical (unpaired) electrons. The number of nitrogens with zero attached hydrogens (tertiary/aromatic N) is 2. The maximum atomic E-state index is 13.5. The van der Waals surface area contributed by atoms with Gasteiger partial charge in [-0.05, 0) is 65.2 Å². The first-order valence-electron chi connectivity index (χ1n) is 11.9. The smallest absolute Gasteiger partial charge is 0.276 e. The number of ether oxygens (including phenoxy) is 2. The summed E-state index contributed by atoms with van der Waals surface area (Å²) in [6.45, 7) is 10.0. The zero-order valence-electron chi connectivity index (χ0n) is 20.5.